The van der Waals surface area contributed by atoms with Gasteiger partial charge in [0.15, 0.2) is 5.03 Å². The first-order valence-corrected chi connectivity index (χ1v) is 7.17. The monoisotopic (exact) mass is 301 g/mol. The van der Waals surface area contributed by atoms with Gasteiger partial charge in [-0.3, -0.25) is 4.72 Å². The molecule has 0 saturated carbocycles. The Morgan fingerprint density at radius 3 is 2.63 bits per heavy atom. The number of aromatic hydroxyl groups is 1. The van der Waals surface area contributed by atoms with E-state index in [0.29, 0.717) is 5.82 Å². The van der Waals surface area contributed by atoms with Crippen molar-refractivity contribution < 1.29 is 13.5 Å². The number of hydrogen-bond acceptors (Lipinski definition) is 4. The lowest BCUT2D eigenvalue weighted by Gasteiger charge is -2.06. The maximum atomic E-state index is 12.1. The lowest BCUT2D eigenvalue weighted by molar-refractivity contribution is 0.476. The molecule has 1 aromatic carbocycles. The molecule has 8 heteroatoms. The lowest BCUT2D eigenvalue weighted by Crippen LogP contribution is -2.13. The molecule has 0 radical (unpaired) electrons. The van der Waals surface area contributed by atoms with Crippen LogP contribution in [0.2, 0.25) is 5.02 Å². The number of rotatable bonds is 3. The number of phenolic OH excluding ortho intramolecular Hbond substituents is 1. The Labute approximate surface area is 115 Å². The maximum Gasteiger partial charge on any atom is 0.280 e. The quantitative estimate of drug-likeness (QED) is 0.906. The Hall–Kier alpha value is -1.73. The molecule has 1 aromatic heterocycles. The summed E-state index contributed by atoms with van der Waals surface area (Å²) in [5.41, 5.74) is 0.213. The van der Waals surface area contributed by atoms with Crippen LogP contribution in [-0.4, -0.2) is 23.1 Å². The third-order valence-electron chi connectivity index (χ3n) is 2.56. The first-order chi connectivity index (χ1) is 8.79. The third kappa shape index (κ3) is 2.82. The Bertz CT molecular complexity index is 705. The topological polar surface area (TPSA) is 84.2 Å². The summed E-state index contributed by atoms with van der Waals surface area (Å²) in [5.74, 6) is 0.387. The number of aromatic nitrogens is 2. The largest absolute Gasteiger partial charge is 0.506 e. The zero-order valence-electron chi connectivity index (χ0n) is 10.3. The molecule has 19 heavy (non-hydrogen) atoms. The Morgan fingerprint density at radius 2 is 2.11 bits per heavy atom. The highest BCUT2D eigenvalue weighted by Crippen LogP contribution is 2.27. The van der Waals surface area contributed by atoms with Crippen molar-refractivity contribution in [2.45, 2.75) is 11.9 Å². The van der Waals surface area contributed by atoms with Crippen molar-refractivity contribution in [3.8, 4) is 5.75 Å². The number of halogens is 1. The molecule has 0 fully saturated rings. The summed E-state index contributed by atoms with van der Waals surface area (Å²) in [4.78, 5) is 3.94. The summed E-state index contributed by atoms with van der Waals surface area (Å²) in [6.07, 6.45) is 1.41. The van der Waals surface area contributed by atoms with Crippen LogP contribution in [-0.2, 0) is 17.1 Å². The molecule has 2 N–H and O–H groups in total. The van der Waals surface area contributed by atoms with Crippen molar-refractivity contribution in [2.75, 3.05) is 4.72 Å². The number of phenols is 1. The third-order valence-corrected chi connectivity index (χ3v) is 4.13. The molecular weight excluding hydrogens is 290 g/mol. The molecule has 0 aliphatic rings. The van der Waals surface area contributed by atoms with Gasteiger partial charge in [-0.05, 0) is 19.1 Å². The van der Waals surface area contributed by atoms with Crippen LogP contribution in [0.1, 0.15) is 5.82 Å². The zero-order valence-corrected chi connectivity index (χ0v) is 11.8. The van der Waals surface area contributed by atoms with Gasteiger partial charge in [0.1, 0.15) is 11.6 Å². The molecule has 1 heterocycles. The van der Waals surface area contributed by atoms with Crippen LogP contribution < -0.4 is 4.72 Å². The molecule has 102 valence electrons. The number of anilines is 1. The highest BCUT2D eigenvalue weighted by Gasteiger charge is 2.18. The van der Waals surface area contributed by atoms with E-state index in [1.54, 1.807) is 18.5 Å². The van der Waals surface area contributed by atoms with Crippen LogP contribution in [0.15, 0.2) is 29.4 Å². The van der Waals surface area contributed by atoms with Crippen LogP contribution in [0, 0.1) is 6.92 Å². The second-order valence-electron chi connectivity index (χ2n) is 4.01. The minimum atomic E-state index is -3.78. The van der Waals surface area contributed by atoms with Crippen molar-refractivity contribution in [3.05, 3.63) is 35.2 Å². The molecule has 0 aliphatic carbocycles. The van der Waals surface area contributed by atoms with Crippen molar-refractivity contribution in [3.63, 3.8) is 0 Å². The van der Waals surface area contributed by atoms with Crippen LogP contribution >= 0.6 is 11.6 Å². The van der Waals surface area contributed by atoms with Gasteiger partial charge in [-0.25, -0.2) is 4.98 Å². The highest BCUT2D eigenvalue weighted by molar-refractivity contribution is 7.92. The number of hydrogen-bond donors (Lipinski definition) is 2. The second-order valence-corrected chi connectivity index (χ2v) is 6.05. The van der Waals surface area contributed by atoms with E-state index < -0.39 is 10.0 Å². The van der Waals surface area contributed by atoms with Crippen molar-refractivity contribution >= 4 is 27.3 Å². The van der Waals surface area contributed by atoms with E-state index in [1.165, 1.54) is 24.4 Å². The van der Waals surface area contributed by atoms with E-state index >= 15 is 0 Å². The van der Waals surface area contributed by atoms with E-state index in [4.69, 9.17) is 11.6 Å². The van der Waals surface area contributed by atoms with Gasteiger partial charge in [0, 0.05) is 19.3 Å². The predicted octanol–water partition coefficient (Wildman–Crippen LogP) is 1.89. The van der Waals surface area contributed by atoms with Crippen molar-refractivity contribution in [1.29, 1.82) is 0 Å². The Morgan fingerprint density at radius 1 is 1.42 bits per heavy atom. The van der Waals surface area contributed by atoms with Gasteiger partial charge in [0.2, 0.25) is 0 Å². The van der Waals surface area contributed by atoms with E-state index in [1.807, 2.05) is 0 Å². The number of benzene rings is 1. The van der Waals surface area contributed by atoms with Gasteiger partial charge in [-0.2, -0.15) is 8.42 Å². The van der Waals surface area contributed by atoms with Gasteiger partial charge in [-0.1, -0.05) is 11.6 Å². The zero-order chi connectivity index (χ0) is 14.2. The second kappa shape index (κ2) is 4.75. The fourth-order valence-electron chi connectivity index (χ4n) is 1.44. The average Bonchev–Trinajstić information content (AvgIpc) is 2.65. The van der Waals surface area contributed by atoms with Gasteiger partial charge in [0.05, 0.1) is 10.7 Å². The van der Waals surface area contributed by atoms with Crippen molar-refractivity contribution in [1.82, 2.24) is 9.55 Å². The molecule has 0 amide bonds. The molecule has 0 spiro atoms. The molecule has 0 unspecified atom stereocenters. The van der Waals surface area contributed by atoms with Gasteiger partial charge >= 0.3 is 0 Å². The minimum Gasteiger partial charge on any atom is -0.506 e. The lowest BCUT2D eigenvalue weighted by atomic mass is 10.3. The fourth-order valence-corrected chi connectivity index (χ4v) is 2.65. The summed E-state index contributed by atoms with van der Waals surface area (Å²) in [5, 5.41) is 9.50. The molecule has 2 rings (SSSR count). The SMILES string of the molecule is Cc1nc(S(=O)(=O)Nc2ccc(Cl)c(O)c2)cn1C. The molecule has 0 saturated heterocycles. The molecule has 2 aromatic rings. The minimum absolute atomic E-state index is 0.0815. The summed E-state index contributed by atoms with van der Waals surface area (Å²) >= 11 is 5.65. The number of imidazole rings is 1. The van der Waals surface area contributed by atoms with E-state index in [0.717, 1.165) is 0 Å². The summed E-state index contributed by atoms with van der Waals surface area (Å²) in [6, 6.07) is 4.09. The Balaban J connectivity index is 2.33. The van der Waals surface area contributed by atoms with Gasteiger partial charge in [0.25, 0.3) is 10.0 Å². The molecule has 0 aliphatic heterocycles. The number of nitrogens with one attached hydrogen (secondary N) is 1. The van der Waals surface area contributed by atoms with Crippen LogP contribution in [0.5, 0.6) is 5.75 Å². The van der Waals surface area contributed by atoms with E-state index in [9.17, 15) is 13.5 Å². The van der Waals surface area contributed by atoms with Gasteiger partial charge < -0.3 is 9.67 Å². The standard InChI is InChI=1S/C11H12ClN3O3S/c1-7-13-11(6-15(7)2)19(17,18)14-8-3-4-9(12)10(16)5-8/h3-6,14,16H,1-2H3. The van der Waals surface area contributed by atoms with Crippen LogP contribution in [0.3, 0.4) is 0 Å². The van der Waals surface area contributed by atoms with Gasteiger partial charge in [-0.15, -0.1) is 0 Å². The smallest absolute Gasteiger partial charge is 0.280 e. The van der Waals surface area contributed by atoms with Crippen LogP contribution in [0.4, 0.5) is 5.69 Å². The number of nitrogens with zero attached hydrogens (tertiary/aromatic N) is 2. The summed E-state index contributed by atoms with van der Waals surface area (Å²) in [6.45, 7) is 1.70. The fraction of sp³-hybridized carbons (Fsp3) is 0.182. The normalized spacial score (nSPS) is 11.5. The molecular formula is C11H12ClN3O3S. The van der Waals surface area contributed by atoms with Crippen molar-refractivity contribution in [2.24, 2.45) is 7.05 Å². The first kappa shape index (κ1) is 13.7. The molecule has 6 nitrogen and oxygen atoms in total. The number of aryl methyl sites for hydroxylation is 2. The molecule has 0 bridgehead atoms. The summed E-state index contributed by atoms with van der Waals surface area (Å²) in [7, 11) is -2.08. The number of sulfonamides is 1. The van der Waals surface area contributed by atoms with Crippen LogP contribution in [0.25, 0.3) is 0 Å². The maximum absolute atomic E-state index is 12.1. The average molecular weight is 302 g/mol. The first-order valence-electron chi connectivity index (χ1n) is 5.31. The van der Waals surface area contributed by atoms with E-state index in [-0.39, 0.29) is 21.5 Å². The predicted molar refractivity (Wildman–Crippen MR) is 71.9 cm³/mol. The highest BCUT2D eigenvalue weighted by atomic mass is 35.5. The summed E-state index contributed by atoms with van der Waals surface area (Å²) < 4.78 is 28.0. The van der Waals surface area contributed by atoms with E-state index in [2.05, 4.69) is 9.71 Å². The molecule has 0 atom stereocenters. The Kier molecular flexibility index (Phi) is 3.42.